The first kappa shape index (κ1) is 16.2. The third-order valence-corrected chi connectivity index (χ3v) is 6.44. The lowest BCUT2D eigenvalue weighted by molar-refractivity contribution is -0.140. The lowest BCUT2D eigenvalue weighted by Gasteiger charge is -2.16. The average molecular weight is 299 g/mol. The van der Waals surface area contributed by atoms with Crippen molar-refractivity contribution in [3.05, 3.63) is 30.3 Å². The molecule has 1 rings (SSSR count). The van der Waals surface area contributed by atoms with E-state index in [0.29, 0.717) is 11.9 Å². The highest BCUT2D eigenvalue weighted by Gasteiger charge is 2.51. The molecule has 104 valence electrons. The molecule has 0 amide bonds. The molecule has 3 nitrogen and oxygen atoms in total. The molecule has 0 aliphatic heterocycles. The van der Waals surface area contributed by atoms with Gasteiger partial charge < -0.3 is 5.11 Å². The van der Waals surface area contributed by atoms with Crippen molar-refractivity contribution in [2.24, 2.45) is 5.92 Å². The SMILES string of the molecule is CC(C)CC(C)(C(=O)O)[P+](=O)CSc1ccccc1. The van der Waals surface area contributed by atoms with E-state index < -0.39 is 18.9 Å². The summed E-state index contributed by atoms with van der Waals surface area (Å²) in [4.78, 5) is 12.4. The smallest absolute Gasteiger partial charge is 0.367 e. The summed E-state index contributed by atoms with van der Waals surface area (Å²) in [5.74, 6) is -0.752. The molecule has 1 aromatic carbocycles. The van der Waals surface area contributed by atoms with Crippen LogP contribution in [0.15, 0.2) is 35.2 Å². The summed E-state index contributed by atoms with van der Waals surface area (Å²) in [6.45, 7) is 5.50. The molecule has 1 N–H and O–H groups in total. The van der Waals surface area contributed by atoms with Crippen LogP contribution in [-0.2, 0) is 9.36 Å². The Bertz CT molecular complexity index is 447. The van der Waals surface area contributed by atoms with Gasteiger partial charge in [0.05, 0.1) is 0 Å². The van der Waals surface area contributed by atoms with Crippen LogP contribution in [0.3, 0.4) is 0 Å². The fraction of sp³-hybridized carbons (Fsp3) is 0.500. The predicted octanol–water partition coefficient (Wildman–Crippen LogP) is 4.45. The molecule has 0 spiro atoms. The molecule has 0 radical (unpaired) electrons. The van der Waals surface area contributed by atoms with Gasteiger partial charge >= 0.3 is 13.8 Å². The number of carboxylic acids is 1. The van der Waals surface area contributed by atoms with Crippen LogP contribution in [-0.4, -0.2) is 21.7 Å². The predicted molar refractivity (Wildman–Crippen MR) is 80.3 cm³/mol. The molecule has 0 bridgehead atoms. The molecule has 2 atom stereocenters. The third-order valence-electron chi connectivity index (χ3n) is 2.91. The van der Waals surface area contributed by atoms with Gasteiger partial charge in [0.15, 0.2) is 5.49 Å². The van der Waals surface area contributed by atoms with E-state index in [9.17, 15) is 14.5 Å². The molecule has 19 heavy (non-hydrogen) atoms. The maximum atomic E-state index is 12.4. The minimum Gasteiger partial charge on any atom is -0.478 e. The van der Waals surface area contributed by atoms with E-state index in [-0.39, 0.29) is 5.92 Å². The lowest BCUT2D eigenvalue weighted by Crippen LogP contribution is -2.33. The van der Waals surface area contributed by atoms with E-state index in [1.807, 2.05) is 44.2 Å². The van der Waals surface area contributed by atoms with Gasteiger partial charge in [-0.3, -0.25) is 0 Å². The van der Waals surface area contributed by atoms with E-state index in [2.05, 4.69) is 0 Å². The second-order valence-corrected chi connectivity index (χ2v) is 8.68. The van der Waals surface area contributed by atoms with Crippen LogP contribution in [0.4, 0.5) is 0 Å². The maximum Gasteiger partial charge on any atom is 0.367 e. The number of hydrogen-bond donors (Lipinski definition) is 1. The van der Waals surface area contributed by atoms with Crippen LogP contribution < -0.4 is 0 Å². The monoisotopic (exact) mass is 299 g/mol. The van der Waals surface area contributed by atoms with Crippen molar-refractivity contribution in [3.8, 4) is 0 Å². The Balaban J connectivity index is 2.71. The summed E-state index contributed by atoms with van der Waals surface area (Å²) in [5, 5.41) is 8.22. The highest BCUT2D eigenvalue weighted by atomic mass is 32.2. The van der Waals surface area contributed by atoms with Crippen LogP contribution >= 0.6 is 19.6 Å². The Morgan fingerprint density at radius 2 is 1.95 bits per heavy atom. The number of thioether (sulfide) groups is 1. The number of carbonyl (C=O) groups is 1. The van der Waals surface area contributed by atoms with Gasteiger partial charge in [-0.2, -0.15) is 0 Å². The second-order valence-electron chi connectivity index (χ2n) is 5.14. The molecule has 5 heteroatoms. The van der Waals surface area contributed by atoms with Crippen LogP contribution in [0.25, 0.3) is 0 Å². The van der Waals surface area contributed by atoms with Crippen molar-refractivity contribution >= 4 is 25.5 Å². The van der Waals surface area contributed by atoms with E-state index >= 15 is 0 Å². The molecular formula is C14H20O3PS+. The summed E-state index contributed by atoms with van der Waals surface area (Å²) in [6, 6.07) is 9.63. The summed E-state index contributed by atoms with van der Waals surface area (Å²) in [7, 11) is -1.81. The fourth-order valence-corrected chi connectivity index (χ4v) is 5.22. The highest BCUT2D eigenvalue weighted by molar-refractivity contribution is 8.04. The third kappa shape index (κ3) is 4.63. The number of aliphatic carboxylic acids is 1. The van der Waals surface area contributed by atoms with Crippen LogP contribution in [0.2, 0.25) is 0 Å². The highest BCUT2D eigenvalue weighted by Crippen LogP contribution is 2.47. The molecule has 0 aliphatic carbocycles. The summed E-state index contributed by atoms with van der Waals surface area (Å²) >= 11 is 1.45. The van der Waals surface area contributed by atoms with Crippen molar-refractivity contribution in [3.63, 3.8) is 0 Å². The maximum absolute atomic E-state index is 12.4. The molecule has 0 aromatic heterocycles. The van der Waals surface area contributed by atoms with Gasteiger partial charge in [0.25, 0.3) is 5.16 Å². The summed E-state index contributed by atoms with van der Waals surface area (Å²) in [5.41, 5.74) is 0.342. The van der Waals surface area contributed by atoms with Gasteiger partial charge in [0.1, 0.15) is 0 Å². The first-order chi connectivity index (χ1) is 8.86. The minimum atomic E-state index is -1.81. The quantitative estimate of drug-likeness (QED) is 0.597. The molecule has 2 unspecified atom stereocenters. The van der Waals surface area contributed by atoms with Gasteiger partial charge in [-0.15, -0.1) is 0 Å². The Morgan fingerprint density at radius 3 is 2.42 bits per heavy atom. The molecule has 0 saturated carbocycles. The van der Waals surface area contributed by atoms with Gasteiger partial charge in [0.2, 0.25) is 0 Å². The number of rotatable bonds is 7. The van der Waals surface area contributed by atoms with Gasteiger partial charge in [-0.1, -0.05) is 48.4 Å². The Kier molecular flexibility index (Phi) is 6.02. The molecular weight excluding hydrogens is 279 g/mol. The Morgan fingerprint density at radius 1 is 1.37 bits per heavy atom. The second kappa shape index (κ2) is 7.06. The average Bonchev–Trinajstić information content (AvgIpc) is 2.36. The zero-order valence-corrected chi connectivity index (χ0v) is 13.2. The van der Waals surface area contributed by atoms with E-state index in [0.717, 1.165) is 4.90 Å². The van der Waals surface area contributed by atoms with Crippen molar-refractivity contribution < 1.29 is 14.5 Å². The number of hydrogen-bond acceptors (Lipinski definition) is 3. The van der Waals surface area contributed by atoms with Gasteiger partial charge in [-0.25, -0.2) is 4.79 Å². The van der Waals surface area contributed by atoms with Crippen molar-refractivity contribution in [1.29, 1.82) is 0 Å². The van der Waals surface area contributed by atoms with Crippen LogP contribution in [0.1, 0.15) is 27.2 Å². The lowest BCUT2D eigenvalue weighted by atomic mass is 9.98. The summed E-state index contributed by atoms with van der Waals surface area (Å²) < 4.78 is 12.4. The van der Waals surface area contributed by atoms with Crippen LogP contribution in [0.5, 0.6) is 0 Å². The molecule has 1 aromatic rings. The minimum absolute atomic E-state index is 0.210. The molecule has 0 aliphatic rings. The Hall–Kier alpha value is -0.860. The first-order valence-corrected chi connectivity index (χ1v) is 8.65. The Labute approximate surface area is 119 Å². The van der Waals surface area contributed by atoms with Gasteiger partial charge in [0, 0.05) is 11.3 Å². The standard InChI is InChI=1S/C14H19O3PS/c1-11(2)9-14(3,13(15)16)18(17)10-19-12-7-5-4-6-8-12/h4-8,11H,9-10H2,1-3H3/p+1. The van der Waals surface area contributed by atoms with Gasteiger partial charge in [-0.05, 0) is 25.0 Å². The number of benzene rings is 1. The topological polar surface area (TPSA) is 54.4 Å². The van der Waals surface area contributed by atoms with E-state index in [1.165, 1.54) is 11.8 Å². The largest absolute Gasteiger partial charge is 0.478 e. The van der Waals surface area contributed by atoms with Crippen LogP contribution in [0, 0.1) is 5.92 Å². The van der Waals surface area contributed by atoms with E-state index in [4.69, 9.17) is 0 Å². The zero-order chi connectivity index (χ0) is 14.5. The van der Waals surface area contributed by atoms with E-state index in [1.54, 1.807) is 6.92 Å². The van der Waals surface area contributed by atoms with Crippen molar-refractivity contribution in [1.82, 2.24) is 0 Å². The molecule has 0 saturated heterocycles. The first-order valence-electron chi connectivity index (χ1n) is 6.22. The normalized spacial score (nSPS) is 15.1. The summed E-state index contributed by atoms with van der Waals surface area (Å²) in [6.07, 6.45) is 0.437. The fourth-order valence-electron chi connectivity index (χ4n) is 1.88. The van der Waals surface area contributed by atoms with Crippen molar-refractivity contribution in [2.45, 2.75) is 37.2 Å². The van der Waals surface area contributed by atoms with Crippen molar-refractivity contribution in [2.75, 3.05) is 5.49 Å². The zero-order valence-electron chi connectivity index (χ0n) is 11.5. The molecule has 0 heterocycles. The number of carboxylic acid groups (broad SMARTS) is 1. The molecule has 0 fully saturated rings.